The van der Waals surface area contributed by atoms with E-state index < -0.39 is 17.8 Å². The molecule has 2 aromatic carbocycles. The Morgan fingerprint density at radius 2 is 1.95 bits per heavy atom. The summed E-state index contributed by atoms with van der Waals surface area (Å²) in [5.74, 6) is -1.16. The van der Waals surface area contributed by atoms with Gasteiger partial charge in [0.05, 0.1) is 17.4 Å². The first-order valence-corrected chi connectivity index (χ1v) is 6.13. The largest absolute Gasteiger partial charge is 0.396 e. The number of aliphatic hydroxyl groups excluding tert-OH is 1. The highest BCUT2D eigenvalue weighted by atomic mass is 19.1. The number of anilines is 2. The molecular weight excluding hydrogens is 259 g/mol. The number of para-hydroxylation sites is 2. The number of amides is 1. The normalized spacial score (nSPS) is 11.9. The maximum Gasteiger partial charge on any atom is 0.257 e. The number of rotatable bonds is 3. The van der Waals surface area contributed by atoms with E-state index in [-0.39, 0.29) is 11.3 Å². The van der Waals surface area contributed by atoms with E-state index in [1.807, 2.05) is 0 Å². The number of nitrogens with two attached hydrogens (primary N) is 1. The van der Waals surface area contributed by atoms with Crippen molar-refractivity contribution in [3.8, 4) is 0 Å². The summed E-state index contributed by atoms with van der Waals surface area (Å²) in [6, 6.07) is 10.9. The highest BCUT2D eigenvalue weighted by Gasteiger charge is 2.15. The summed E-state index contributed by atoms with van der Waals surface area (Å²) in [5, 5.41) is 12.3. The van der Waals surface area contributed by atoms with Gasteiger partial charge >= 0.3 is 0 Å². The summed E-state index contributed by atoms with van der Waals surface area (Å²) < 4.78 is 13.3. The fourth-order valence-electron chi connectivity index (χ4n) is 1.90. The predicted octanol–water partition coefficient (Wildman–Crippen LogP) is 2.71. The summed E-state index contributed by atoms with van der Waals surface area (Å²) in [6.07, 6.45) is -0.726. The Morgan fingerprint density at radius 3 is 2.65 bits per heavy atom. The van der Waals surface area contributed by atoms with Crippen molar-refractivity contribution in [2.75, 3.05) is 11.1 Å². The first-order valence-electron chi connectivity index (χ1n) is 6.13. The number of carbonyl (C=O) groups excluding carboxylic acids is 1. The zero-order valence-corrected chi connectivity index (χ0v) is 10.9. The molecule has 4 N–H and O–H groups in total. The lowest BCUT2D eigenvalue weighted by Gasteiger charge is -2.13. The Kier molecular flexibility index (Phi) is 4.00. The van der Waals surface area contributed by atoms with Gasteiger partial charge in [0, 0.05) is 11.3 Å². The molecule has 0 bridgehead atoms. The van der Waals surface area contributed by atoms with Crippen LogP contribution in [0.2, 0.25) is 0 Å². The molecule has 1 atom stereocenters. The highest BCUT2D eigenvalue weighted by Crippen LogP contribution is 2.24. The van der Waals surface area contributed by atoms with E-state index in [2.05, 4.69) is 5.32 Å². The van der Waals surface area contributed by atoms with Crippen LogP contribution in [0.3, 0.4) is 0 Å². The van der Waals surface area contributed by atoms with E-state index in [4.69, 9.17) is 5.73 Å². The van der Waals surface area contributed by atoms with Crippen LogP contribution < -0.4 is 11.1 Å². The molecule has 1 amide bonds. The van der Waals surface area contributed by atoms with Crippen LogP contribution in [0.25, 0.3) is 0 Å². The third-order valence-electron chi connectivity index (χ3n) is 2.96. The zero-order valence-electron chi connectivity index (χ0n) is 10.9. The van der Waals surface area contributed by atoms with Crippen molar-refractivity contribution in [2.24, 2.45) is 0 Å². The molecule has 0 aromatic heterocycles. The van der Waals surface area contributed by atoms with Gasteiger partial charge in [-0.1, -0.05) is 24.3 Å². The van der Waals surface area contributed by atoms with Crippen LogP contribution in [0.4, 0.5) is 15.8 Å². The molecule has 0 saturated heterocycles. The average Bonchev–Trinajstić information content (AvgIpc) is 2.42. The Morgan fingerprint density at radius 1 is 1.25 bits per heavy atom. The van der Waals surface area contributed by atoms with Crippen LogP contribution in [0.5, 0.6) is 0 Å². The lowest BCUT2D eigenvalue weighted by Crippen LogP contribution is -2.16. The minimum Gasteiger partial charge on any atom is -0.396 e. The second-order valence-corrected chi connectivity index (χ2v) is 4.42. The standard InChI is InChI=1S/C15H15FN2O2/c1-9(19)10-5-2-3-8-13(10)18-15(20)11-6-4-7-12(16)14(11)17/h2-9,19H,17H2,1H3,(H,18,20). The van der Waals surface area contributed by atoms with Crippen LogP contribution in [-0.4, -0.2) is 11.0 Å². The topological polar surface area (TPSA) is 75.3 Å². The van der Waals surface area contributed by atoms with Gasteiger partial charge in [0.2, 0.25) is 0 Å². The molecule has 2 aromatic rings. The molecule has 1 unspecified atom stereocenters. The SMILES string of the molecule is CC(O)c1ccccc1NC(=O)c1cccc(F)c1N. The number of nitrogen functional groups attached to an aromatic ring is 1. The smallest absolute Gasteiger partial charge is 0.257 e. The Labute approximate surface area is 116 Å². The molecule has 104 valence electrons. The van der Waals surface area contributed by atoms with Gasteiger partial charge in [0.25, 0.3) is 5.91 Å². The van der Waals surface area contributed by atoms with Crippen molar-refractivity contribution in [1.29, 1.82) is 0 Å². The number of nitrogens with one attached hydrogen (secondary N) is 1. The third kappa shape index (κ3) is 2.78. The van der Waals surface area contributed by atoms with E-state index in [9.17, 15) is 14.3 Å². The molecular formula is C15H15FN2O2. The van der Waals surface area contributed by atoms with E-state index in [1.165, 1.54) is 18.2 Å². The minimum atomic E-state index is -0.726. The highest BCUT2D eigenvalue weighted by molar-refractivity contribution is 6.08. The van der Waals surface area contributed by atoms with Gasteiger partial charge in [-0.25, -0.2) is 4.39 Å². The molecule has 0 aliphatic rings. The molecule has 0 fully saturated rings. The van der Waals surface area contributed by atoms with Crippen LogP contribution in [-0.2, 0) is 0 Å². The fourth-order valence-corrected chi connectivity index (χ4v) is 1.90. The van der Waals surface area contributed by atoms with E-state index in [1.54, 1.807) is 31.2 Å². The summed E-state index contributed by atoms with van der Waals surface area (Å²) >= 11 is 0. The lowest BCUT2D eigenvalue weighted by atomic mass is 10.1. The van der Waals surface area contributed by atoms with Gasteiger partial charge in [0.1, 0.15) is 5.82 Å². The Bertz CT molecular complexity index is 642. The van der Waals surface area contributed by atoms with Gasteiger partial charge in [-0.3, -0.25) is 4.79 Å². The molecule has 20 heavy (non-hydrogen) atoms. The average molecular weight is 274 g/mol. The maximum absolute atomic E-state index is 13.3. The number of hydrogen-bond acceptors (Lipinski definition) is 3. The number of halogens is 1. The second-order valence-electron chi connectivity index (χ2n) is 4.42. The van der Waals surface area contributed by atoms with Gasteiger partial charge in [-0.15, -0.1) is 0 Å². The van der Waals surface area contributed by atoms with Crippen LogP contribution in [0.1, 0.15) is 28.9 Å². The van der Waals surface area contributed by atoms with Gasteiger partial charge in [0.15, 0.2) is 0 Å². The number of hydrogen-bond donors (Lipinski definition) is 3. The molecule has 0 aliphatic heterocycles. The van der Waals surface area contributed by atoms with Crippen molar-refractivity contribution < 1.29 is 14.3 Å². The molecule has 0 aliphatic carbocycles. The molecule has 5 heteroatoms. The minimum absolute atomic E-state index is 0.0606. The van der Waals surface area contributed by atoms with Crippen LogP contribution in [0, 0.1) is 5.82 Å². The maximum atomic E-state index is 13.3. The monoisotopic (exact) mass is 274 g/mol. The summed E-state index contributed by atoms with van der Waals surface area (Å²) in [7, 11) is 0. The first kappa shape index (κ1) is 14.0. The van der Waals surface area contributed by atoms with Crippen molar-refractivity contribution in [3.05, 3.63) is 59.4 Å². The molecule has 0 saturated carbocycles. The molecule has 0 heterocycles. The summed E-state index contributed by atoms with van der Waals surface area (Å²) in [5.41, 5.74) is 6.46. The Hall–Kier alpha value is -2.40. The Balaban J connectivity index is 2.31. The first-order chi connectivity index (χ1) is 9.50. The quantitative estimate of drug-likeness (QED) is 0.753. The zero-order chi connectivity index (χ0) is 14.7. The number of aliphatic hydroxyl groups is 1. The van der Waals surface area contributed by atoms with E-state index in [0.717, 1.165) is 0 Å². The third-order valence-corrected chi connectivity index (χ3v) is 2.96. The second kappa shape index (κ2) is 5.71. The van der Waals surface area contributed by atoms with Crippen molar-refractivity contribution in [1.82, 2.24) is 0 Å². The molecule has 2 rings (SSSR count). The van der Waals surface area contributed by atoms with Gasteiger partial charge in [-0.05, 0) is 25.1 Å². The van der Waals surface area contributed by atoms with Gasteiger partial charge < -0.3 is 16.2 Å². The summed E-state index contributed by atoms with van der Waals surface area (Å²) in [4.78, 5) is 12.1. The fraction of sp³-hybridized carbons (Fsp3) is 0.133. The number of carbonyl (C=O) groups is 1. The van der Waals surface area contributed by atoms with E-state index in [0.29, 0.717) is 11.3 Å². The van der Waals surface area contributed by atoms with Crippen LogP contribution in [0.15, 0.2) is 42.5 Å². The predicted molar refractivity (Wildman–Crippen MR) is 75.8 cm³/mol. The van der Waals surface area contributed by atoms with Crippen molar-refractivity contribution >= 4 is 17.3 Å². The molecule has 0 radical (unpaired) electrons. The summed E-state index contributed by atoms with van der Waals surface area (Å²) in [6.45, 7) is 1.60. The number of benzene rings is 2. The van der Waals surface area contributed by atoms with Crippen molar-refractivity contribution in [3.63, 3.8) is 0 Å². The van der Waals surface area contributed by atoms with Crippen molar-refractivity contribution in [2.45, 2.75) is 13.0 Å². The van der Waals surface area contributed by atoms with Crippen LogP contribution >= 0.6 is 0 Å². The van der Waals surface area contributed by atoms with Gasteiger partial charge in [-0.2, -0.15) is 0 Å². The molecule has 0 spiro atoms. The van der Waals surface area contributed by atoms with E-state index >= 15 is 0 Å². The lowest BCUT2D eigenvalue weighted by molar-refractivity contribution is 0.102. The molecule has 4 nitrogen and oxygen atoms in total.